The summed E-state index contributed by atoms with van der Waals surface area (Å²) in [6, 6.07) is 19.6. The molecule has 5 heteroatoms. The van der Waals surface area contributed by atoms with Crippen LogP contribution in [0.3, 0.4) is 0 Å². The minimum Gasteiger partial charge on any atom is -0.497 e. The van der Waals surface area contributed by atoms with Gasteiger partial charge in [0.1, 0.15) is 28.8 Å². The second-order valence-electron chi connectivity index (χ2n) is 7.11. The van der Waals surface area contributed by atoms with Crippen molar-refractivity contribution in [2.75, 3.05) is 12.4 Å². The van der Waals surface area contributed by atoms with E-state index in [1.165, 1.54) is 12.1 Å². The van der Waals surface area contributed by atoms with Crippen molar-refractivity contribution in [3.05, 3.63) is 89.2 Å². The fraction of sp³-hybridized carbons (Fsp3) is 0.174. The molecule has 4 nitrogen and oxygen atoms in total. The Kier molecular flexibility index (Phi) is 3.66. The van der Waals surface area contributed by atoms with Crippen molar-refractivity contribution in [3.8, 4) is 11.5 Å². The van der Waals surface area contributed by atoms with Gasteiger partial charge < -0.3 is 14.8 Å². The van der Waals surface area contributed by atoms with Crippen LogP contribution in [-0.2, 0) is 16.6 Å². The quantitative estimate of drug-likeness (QED) is 0.751. The summed E-state index contributed by atoms with van der Waals surface area (Å²) in [7, 11) is 1.60. The number of anilines is 1. The molecule has 0 radical (unpaired) electrons. The average Bonchev–Trinajstić information content (AvgIpc) is 3.19. The van der Waals surface area contributed by atoms with E-state index < -0.39 is 11.5 Å². The van der Waals surface area contributed by atoms with Gasteiger partial charge in [-0.2, -0.15) is 0 Å². The predicted molar refractivity (Wildman–Crippen MR) is 103 cm³/mol. The van der Waals surface area contributed by atoms with Gasteiger partial charge in [0, 0.05) is 23.7 Å². The normalized spacial score (nSPS) is 21.8. The second kappa shape index (κ2) is 6.09. The summed E-state index contributed by atoms with van der Waals surface area (Å²) >= 11 is 0. The van der Waals surface area contributed by atoms with Crippen molar-refractivity contribution in [2.24, 2.45) is 0 Å². The molecule has 2 atom stereocenters. The molecule has 2 unspecified atom stereocenters. The third kappa shape index (κ3) is 2.26. The Balaban J connectivity index is 1.68. The zero-order valence-corrected chi connectivity index (χ0v) is 15.2. The molecule has 2 aliphatic rings. The molecule has 3 aromatic carbocycles. The molecule has 28 heavy (non-hydrogen) atoms. The summed E-state index contributed by atoms with van der Waals surface area (Å²) in [5.41, 5.74) is 2.47. The fourth-order valence-corrected chi connectivity index (χ4v) is 4.36. The Morgan fingerprint density at radius 3 is 2.64 bits per heavy atom. The van der Waals surface area contributed by atoms with Crippen LogP contribution in [-0.4, -0.2) is 19.1 Å². The van der Waals surface area contributed by atoms with Crippen molar-refractivity contribution < 1.29 is 18.7 Å². The highest BCUT2D eigenvalue weighted by Gasteiger charge is 2.59. The van der Waals surface area contributed by atoms with E-state index in [1.54, 1.807) is 19.2 Å². The lowest BCUT2D eigenvalue weighted by molar-refractivity contribution is -0.121. The first-order valence-corrected chi connectivity index (χ1v) is 9.13. The van der Waals surface area contributed by atoms with Crippen LogP contribution >= 0.6 is 0 Å². The highest BCUT2D eigenvalue weighted by atomic mass is 19.1. The number of fused-ring (bicyclic) bond motifs is 4. The SMILES string of the molecule is COc1ccc2c(c1)OC(Cc1ccc(F)cc1)C21C(=O)Nc2ccccc21. The molecule has 0 aromatic heterocycles. The third-order valence-corrected chi connectivity index (χ3v) is 5.66. The van der Waals surface area contributed by atoms with Crippen molar-refractivity contribution in [1.29, 1.82) is 0 Å². The van der Waals surface area contributed by atoms with Gasteiger partial charge in [-0.25, -0.2) is 4.39 Å². The number of carbonyl (C=O) groups excluding carboxylic acids is 1. The van der Waals surface area contributed by atoms with Crippen LogP contribution in [0.2, 0.25) is 0 Å². The minimum absolute atomic E-state index is 0.107. The standard InChI is InChI=1S/C23H18FNO3/c1-27-16-10-11-18-20(13-16)28-21(12-14-6-8-15(24)9-7-14)23(18)17-4-2-3-5-19(17)25-22(23)26/h2-11,13,21H,12H2,1H3,(H,25,26). The first-order valence-electron chi connectivity index (χ1n) is 9.13. The molecule has 1 N–H and O–H groups in total. The maximum absolute atomic E-state index is 13.3. The molecule has 1 amide bonds. The van der Waals surface area contributed by atoms with Gasteiger partial charge in [-0.15, -0.1) is 0 Å². The van der Waals surface area contributed by atoms with Gasteiger partial charge in [0.25, 0.3) is 0 Å². The van der Waals surface area contributed by atoms with Crippen molar-refractivity contribution >= 4 is 11.6 Å². The Labute approximate surface area is 161 Å². The van der Waals surface area contributed by atoms with Crippen LogP contribution in [0.1, 0.15) is 16.7 Å². The van der Waals surface area contributed by atoms with Crippen LogP contribution < -0.4 is 14.8 Å². The van der Waals surface area contributed by atoms with Crippen LogP contribution in [0, 0.1) is 5.82 Å². The highest BCUT2D eigenvalue weighted by molar-refractivity contribution is 6.10. The van der Waals surface area contributed by atoms with Crippen molar-refractivity contribution in [2.45, 2.75) is 17.9 Å². The molecule has 0 aliphatic carbocycles. The zero-order valence-electron chi connectivity index (χ0n) is 15.2. The molecule has 0 fully saturated rings. The van der Waals surface area contributed by atoms with Gasteiger partial charge >= 0.3 is 0 Å². The van der Waals surface area contributed by atoms with Gasteiger partial charge in [0.15, 0.2) is 0 Å². The lowest BCUT2D eigenvalue weighted by atomic mass is 9.71. The number of hydrogen-bond donors (Lipinski definition) is 1. The largest absolute Gasteiger partial charge is 0.497 e. The van der Waals surface area contributed by atoms with Gasteiger partial charge in [-0.05, 0) is 35.4 Å². The Bertz CT molecular complexity index is 1080. The van der Waals surface area contributed by atoms with Gasteiger partial charge in [0.2, 0.25) is 5.91 Å². The van der Waals surface area contributed by atoms with E-state index in [4.69, 9.17) is 9.47 Å². The van der Waals surface area contributed by atoms with E-state index in [1.807, 2.05) is 42.5 Å². The van der Waals surface area contributed by atoms with Gasteiger partial charge in [-0.3, -0.25) is 4.79 Å². The minimum atomic E-state index is -0.952. The highest BCUT2D eigenvalue weighted by Crippen LogP contribution is 2.54. The number of benzene rings is 3. The third-order valence-electron chi connectivity index (χ3n) is 5.66. The number of halogens is 1. The summed E-state index contributed by atoms with van der Waals surface area (Å²) in [6.07, 6.45) is 0.0164. The van der Waals surface area contributed by atoms with E-state index in [9.17, 15) is 9.18 Å². The number of para-hydroxylation sites is 1. The molecule has 3 aromatic rings. The monoisotopic (exact) mass is 375 g/mol. The van der Waals surface area contributed by atoms with Crippen LogP contribution in [0.25, 0.3) is 0 Å². The number of nitrogens with one attached hydrogen (secondary N) is 1. The summed E-state index contributed by atoms with van der Waals surface area (Å²) in [6.45, 7) is 0. The molecule has 140 valence electrons. The Morgan fingerprint density at radius 2 is 1.86 bits per heavy atom. The van der Waals surface area contributed by atoms with Gasteiger partial charge in [0.05, 0.1) is 7.11 Å². The van der Waals surface area contributed by atoms with Crippen LogP contribution in [0.15, 0.2) is 66.7 Å². The second-order valence-corrected chi connectivity index (χ2v) is 7.11. The van der Waals surface area contributed by atoms with E-state index >= 15 is 0 Å². The number of methoxy groups -OCH3 is 1. The maximum atomic E-state index is 13.3. The van der Waals surface area contributed by atoms with Crippen LogP contribution in [0.5, 0.6) is 11.5 Å². The summed E-state index contributed by atoms with van der Waals surface area (Å²) < 4.78 is 25.0. The fourth-order valence-electron chi connectivity index (χ4n) is 4.36. The Morgan fingerprint density at radius 1 is 1.07 bits per heavy atom. The first kappa shape index (κ1) is 16.8. The van der Waals surface area contributed by atoms with Gasteiger partial charge in [-0.1, -0.05) is 36.4 Å². The number of carbonyl (C=O) groups is 1. The summed E-state index contributed by atoms with van der Waals surface area (Å²) in [5.74, 6) is 0.911. The summed E-state index contributed by atoms with van der Waals surface area (Å²) in [4.78, 5) is 13.3. The number of ether oxygens (including phenoxy) is 2. The number of rotatable bonds is 3. The van der Waals surface area contributed by atoms with Crippen molar-refractivity contribution in [1.82, 2.24) is 0 Å². The molecule has 1 spiro atoms. The molecule has 0 bridgehead atoms. The number of hydrogen-bond acceptors (Lipinski definition) is 3. The maximum Gasteiger partial charge on any atom is 0.243 e. The average molecular weight is 375 g/mol. The topological polar surface area (TPSA) is 47.6 Å². The molecule has 5 rings (SSSR count). The Hall–Kier alpha value is -3.34. The molecule has 2 aliphatic heterocycles. The van der Waals surface area contributed by atoms with Crippen LogP contribution in [0.4, 0.5) is 10.1 Å². The predicted octanol–water partition coefficient (Wildman–Crippen LogP) is 4.08. The molecule has 0 saturated carbocycles. The lowest BCUT2D eigenvalue weighted by Gasteiger charge is -2.28. The zero-order chi connectivity index (χ0) is 19.3. The van der Waals surface area contributed by atoms with E-state index in [0.29, 0.717) is 17.9 Å². The number of amides is 1. The first-order chi connectivity index (χ1) is 13.6. The van der Waals surface area contributed by atoms with E-state index in [-0.39, 0.29) is 11.7 Å². The smallest absolute Gasteiger partial charge is 0.243 e. The summed E-state index contributed by atoms with van der Waals surface area (Å²) in [5, 5.41) is 3.01. The molecule has 2 heterocycles. The van der Waals surface area contributed by atoms with E-state index in [2.05, 4.69) is 5.32 Å². The van der Waals surface area contributed by atoms with Crippen molar-refractivity contribution in [3.63, 3.8) is 0 Å². The molecular weight excluding hydrogens is 357 g/mol. The molecular formula is C23H18FNO3. The molecule has 0 saturated heterocycles. The lowest BCUT2D eigenvalue weighted by Crippen LogP contribution is -2.46. The van der Waals surface area contributed by atoms with E-state index in [0.717, 1.165) is 22.4 Å².